The Morgan fingerprint density at radius 3 is 2.35 bits per heavy atom. The zero-order valence-corrected chi connectivity index (χ0v) is 11.3. The maximum Gasteiger partial charge on any atom is 0.0757 e. The van der Waals surface area contributed by atoms with Gasteiger partial charge in [-0.3, -0.25) is 4.98 Å². The van der Waals surface area contributed by atoms with Crippen LogP contribution in [0, 0.1) is 20.8 Å². The number of fused-ring (bicyclic) bond motifs is 1. The van der Waals surface area contributed by atoms with Crippen LogP contribution >= 0.6 is 0 Å². The Morgan fingerprint density at radius 2 is 1.76 bits per heavy atom. The fraction of sp³-hybridized carbons (Fsp3) is 0.400. The summed E-state index contributed by atoms with van der Waals surface area (Å²) in [6.45, 7) is 10.6. The largest absolute Gasteiger partial charge is 0.398 e. The van der Waals surface area contributed by atoms with Gasteiger partial charge in [0, 0.05) is 16.8 Å². The second kappa shape index (κ2) is 4.02. The van der Waals surface area contributed by atoms with Crippen LogP contribution in [-0.4, -0.2) is 4.98 Å². The average molecular weight is 228 g/mol. The van der Waals surface area contributed by atoms with Gasteiger partial charge in [-0.25, -0.2) is 0 Å². The normalized spacial score (nSPS) is 11.4. The molecule has 1 aromatic carbocycles. The molecule has 0 fully saturated rings. The molecule has 0 radical (unpaired) electrons. The highest BCUT2D eigenvalue weighted by molar-refractivity contribution is 5.94. The number of aryl methyl sites for hydroxylation is 3. The molecule has 1 heterocycles. The van der Waals surface area contributed by atoms with E-state index in [4.69, 9.17) is 10.7 Å². The number of nitrogens with zero attached hydrogens (tertiary/aromatic N) is 1. The van der Waals surface area contributed by atoms with Crippen LogP contribution in [0.3, 0.4) is 0 Å². The minimum atomic E-state index is 0.411. The van der Waals surface area contributed by atoms with Crippen LogP contribution in [0.1, 0.15) is 42.1 Å². The van der Waals surface area contributed by atoms with Crippen molar-refractivity contribution in [3.05, 3.63) is 34.5 Å². The van der Waals surface area contributed by atoms with E-state index in [-0.39, 0.29) is 0 Å². The first-order valence-corrected chi connectivity index (χ1v) is 6.09. The molecule has 0 aliphatic carbocycles. The molecule has 0 bridgehead atoms. The first-order chi connectivity index (χ1) is 7.93. The zero-order chi connectivity index (χ0) is 12.7. The van der Waals surface area contributed by atoms with E-state index in [1.807, 2.05) is 6.92 Å². The number of pyridine rings is 1. The van der Waals surface area contributed by atoms with Crippen molar-refractivity contribution in [1.82, 2.24) is 4.98 Å². The lowest BCUT2D eigenvalue weighted by Crippen LogP contribution is -2.04. The molecule has 0 aliphatic rings. The highest BCUT2D eigenvalue weighted by Crippen LogP contribution is 2.32. The molecule has 2 heteroatoms. The van der Waals surface area contributed by atoms with Crippen LogP contribution in [-0.2, 0) is 0 Å². The zero-order valence-electron chi connectivity index (χ0n) is 11.3. The van der Waals surface area contributed by atoms with Gasteiger partial charge in [0.2, 0.25) is 0 Å². The molecule has 2 aromatic rings. The van der Waals surface area contributed by atoms with E-state index in [1.54, 1.807) is 0 Å². The lowest BCUT2D eigenvalue weighted by molar-refractivity contribution is 0.851. The summed E-state index contributed by atoms with van der Waals surface area (Å²) >= 11 is 0. The molecule has 17 heavy (non-hydrogen) atoms. The van der Waals surface area contributed by atoms with Gasteiger partial charge in [-0.15, -0.1) is 0 Å². The van der Waals surface area contributed by atoms with Crippen molar-refractivity contribution < 1.29 is 0 Å². The van der Waals surface area contributed by atoms with Crippen LogP contribution in [0.15, 0.2) is 12.1 Å². The Balaban J connectivity index is 2.91. The Morgan fingerprint density at radius 1 is 1.12 bits per heavy atom. The summed E-state index contributed by atoms with van der Waals surface area (Å²) in [5.41, 5.74) is 13.0. The second-order valence-electron chi connectivity index (χ2n) is 5.08. The average Bonchev–Trinajstić information content (AvgIpc) is 2.23. The fourth-order valence-corrected chi connectivity index (χ4v) is 2.46. The Kier molecular flexibility index (Phi) is 2.82. The number of nitrogen functional groups attached to an aromatic ring is 1. The van der Waals surface area contributed by atoms with Crippen LogP contribution in [0.5, 0.6) is 0 Å². The van der Waals surface area contributed by atoms with Crippen LogP contribution in [0.25, 0.3) is 10.9 Å². The van der Waals surface area contributed by atoms with E-state index >= 15 is 0 Å². The molecule has 0 atom stereocenters. The van der Waals surface area contributed by atoms with Gasteiger partial charge in [-0.2, -0.15) is 0 Å². The van der Waals surface area contributed by atoms with Gasteiger partial charge in [-0.1, -0.05) is 26.0 Å². The van der Waals surface area contributed by atoms with Gasteiger partial charge < -0.3 is 5.73 Å². The third-order valence-corrected chi connectivity index (χ3v) is 3.53. The van der Waals surface area contributed by atoms with Crippen molar-refractivity contribution in [2.24, 2.45) is 0 Å². The molecule has 90 valence electrons. The lowest BCUT2D eigenvalue weighted by atomic mass is 9.95. The number of benzene rings is 1. The summed E-state index contributed by atoms with van der Waals surface area (Å²) in [5.74, 6) is 0.411. The minimum absolute atomic E-state index is 0.411. The number of aromatic nitrogens is 1. The van der Waals surface area contributed by atoms with Gasteiger partial charge in [0.1, 0.15) is 0 Å². The molecule has 0 unspecified atom stereocenters. The summed E-state index contributed by atoms with van der Waals surface area (Å²) in [4.78, 5) is 4.74. The summed E-state index contributed by atoms with van der Waals surface area (Å²) < 4.78 is 0. The van der Waals surface area contributed by atoms with Gasteiger partial charge in [-0.05, 0) is 43.4 Å². The fourth-order valence-electron chi connectivity index (χ4n) is 2.46. The predicted octanol–water partition coefficient (Wildman–Crippen LogP) is 3.87. The van der Waals surface area contributed by atoms with E-state index in [2.05, 4.69) is 39.8 Å². The quantitative estimate of drug-likeness (QED) is 0.804. The van der Waals surface area contributed by atoms with E-state index in [0.717, 1.165) is 22.3 Å². The minimum Gasteiger partial charge on any atom is -0.398 e. The molecular weight excluding hydrogens is 208 g/mol. The number of nitrogens with two attached hydrogens (primary N) is 1. The summed E-state index contributed by atoms with van der Waals surface area (Å²) in [6, 6.07) is 4.21. The molecule has 2 nitrogen and oxygen atoms in total. The molecule has 0 saturated carbocycles. The molecule has 0 aliphatic heterocycles. The topological polar surface area (TPSA) is 38.9 Å². The smallest absolute Gasteiger partial charge is 0.0757 e. The first-order valence-electron chi connectivity index (χ1n) is 6.09. The van der Waals surface area contributed by atoms with E-state index < -0.39 is 0 Å². The molecule has 0 spiro atoms. The third-order valence-electron chi connectivity index (χ3n) is 3.53. The van der Waals surface area contributed by atoms with E-state index in [9.17, 15) is 0 Å². The van der Waals surface area contributed by atoms with Crippen molar-refractivity contribution >= 4 is 16.6 Å². The van der Waals surface area contributed by atoms with Crippen molar-refractivity contribution in [2.75, 3.05) is 5.73 Å². The predicted molar refractivity (Wildman–Crippen MR) is 74.5 cm³/mol. The van der Waals surface area contributed by atoms with Gasteiger partial charge in [0.15, 0.2) is 0 Å². The number of hydrogen-bond acceptors (Lipinski definition) is 2. The third kappa shape index (κ3) is 1.78. The van der Waals surface area contributed by atoms with E-state index in [1.165, 1.54) is 16.7 Å². The second-order valence-corrected chi connectivity index (χ2v) is 5.08. The molecule has 0 saturated heterocycles. The lowest BCUT2D eigenvalue weighted by Gasteiger charge is -2.16. The SMILES string of the molecule is Cc1ccc2c(N)c(C(C)C)c(C)nc2c1C. The highest BCUT2D eigenvalue weighted by Gasteiger charge is 2.14. The Hall–Kier alpha value is -1.57. The Labute approximate surface area is 103 Å². The van der Waals surface area contributed by atoms with Crippen LogP contribution < -0.4 is 5.73 Å². The van der Waals surface area contributed by atoms with Crippen molar-refractivity contribution in [3.8, 4) is 0 Å². The molecule has 2 N–H and O–H groups in total. The summed E-state index contributed by atoms with van der Waals surface area (Å²) in [5, 5.41) is 1.09. The highest BCUT2D eigenvalue weighted by atomic mass is 14.7. The number of rotatable bonds is 1. The summed E-state index contributed by atoms with van der Waals surface area (Å²) in [7, 11) is 0. The van der Waals surface area contributed by atoms with Gasteiger partial charge in [0.05, 0.1) is 5.52 Å². The van der Waals surface area contributed by atoms with Crippen LogP contribution in [0.2, 0.25) is 0 Å². The maximum atomic E-state index is 6.30. The van der Waals surface area contributed by atoms with Crippen molar-refractivity contribution in [1.29, 1.82) is 0 Å². The Bertz CT molecular complexity index is 583. The van der Waals surface area contributed by atoms with Gasteiger partial charge >= 0.3 is 0 Å². The molecule has 1 aromatic heterocycles. The molecule has 0 amide bonds. The molecule has 2 rings (SSSR count). The standard InChI is InChI=1S/C15H20N2/c1-8(2)13-11(5)17-15-10(4)9(3)6-7-12(15)14(13)16/h6-8H,1-5H3,(H2,16,17). The van der Waals surface area contributed by atoms with Gasteiger partial charge in [0.25, 0.3) is 0 Å². The first kappa shape index (κ1) is 11.9. The van der Waals surface area contributed by atoms with E-state index in [0.29, 0.717) is 5.92 Å². The number of anilines is 1. The monoisotopic (exact) mass is 228 g/mol. The maximum absolute atomic E-state index is 6.30. The van der Waals surface area contributed by atoms with Crippen molar-refractivity contribution in [3.63, 3.8) is 0 Å². The van der Waals surface area contributed by atoms with Crippen molar-refractivity contribution in [2.45, 2.75) is 40.5 Å². The van der Waals surface area contributed by atoms with Crippen LogP contribution in [0.4, 0.5) is 5.69 Å². The summed E-state index contributed by atoms with van der Waals surface area (Å²) in [6.07, 6.45) is 0. The number of hydrogen-bond donors (Lipinski definition) is 1. The molecular formula is C15H20N2.